The van der Waals surface area contributed by atoms with Crippen molar-refractivity contribution in [3.63, 3.8) is 0 Å². The van der Waals surface area contributed by atoms with Gasteiger partial charge in [0.25, 0.3) is 0 Å². The molecular formula is C22H34N2O4S. The Morgan fingerprint density at radius 1 is 1.14 bits per heavy atom. The van der Waals surface area contributed by atoms with Gasteiger partial charge < -0.3 is 10.4 Å². The maximum atomic E-state index is 13.3. The second-order valence-electron chi connectivity index (χ2n) is 8.56. The summed E-state index contributed by atoms with van der Waals surface area (Å²) >= 11 is 0. The molecule has 0 bridgehead atoms. The molecule has 1 aromatic carbocycles. The quantitative estimate of drug-likeness (QED) is 0.704. The zero-order valence-electron chi connectivity index (χ0n) is 17.4. The van der Waals surface area contributed by atoms with Gasteiger partial charge in [0.1, 0.15) is 0 Å². The van der Waals surface area contributed by atoms with Crippen LogP contribution in [-0.2, 0) is 20.0 Å². The Hall–Kier alpha value is -1.44. The molecule has 2 N–H and O–H groups in total. The van der Waals surface area contributed by atoms with Gasteiger partial charge in [-0.15, -0.1) is 0 Å². The van der Waals surface area contributed by atoms with Crippen molar-refractivity contribution < 1.29 is 18.3 Å². The predicted molar refractivity (Wildman–Crippen MR) is 114 cm³/mol. The van der Waals surface area contributed by atoms with E-state index in [4.69, 9.17) is 0 Å². The number of hydrogen-bond acceptors (Lipinski definition) is 5. The maximum absolute atomic E-state index is 13.3. The van der Waals surface area contributed by atoms with E-state index in [0.717, 1.165) is 70.0 Å². The van der Waals surface area contributed by atoms with Gasteiger partial charge in [0.15, 0.2) is 9.84 Å². The lowest BCUT2D eigenvalue weighted by atomic mass is 9.68. The van der Waals surface area contributed by atoms with Crippen LogP contribution in [0.5, 0.6) is 0 Å². The number of likely N-dealkylation sites (tertiary alicyclic amines) is 1. The average molecular weight is 423 g/mol. The van der Waals surface area contributed by atoms with Crippen LogP contribution in [0.15, 0.2) is 29.2 Å². The molecule has 3 rings (SSSR count). The van der Waals surface area contributed by atoms with Crippen molar-refractivity contribution >= 4 is 15.7 Å². The Kier molecular flexibility index (Phi) is 7.35. The van der Waals surface area contributed by atoms with E-state index in [9.17, 15) is 18.3 Å². The summed E-state index contributed by atoms with van der Waals surface area (Å²) in [6.07, 6.45) is 9.22. The van der Waals surface area contributed by atoms with Gasteiger partial charge in [-0.2, -0.15) is 0 Å². The van der Waals surface area contributed by atoms with Crippen LogP contribution in [0.2, 0.25) is 0 Å². The lowest BCUT2D eigenvalue weighted by Gasteiger charge is -2.37. The monoisotopic (exact) mass is 422 g/mol. The van der Waals surface area contributed by atoms with E-state index in [2.05, 4.69) is 10.2 Å². The van der Waals surface area contributed by atoms with Gasteiger partial charge in [-0.25, -0.2) is 8.42 Å². The van der Waals surface area contributed by atoms with Gasteiger partial charge in [0, 0.05) is 25.4 Å². The third kappa shape index (κ3) is 5.19. The number of nitrogens with zero attached hydrogens (tertiary/aromatic N) is 1. The fourth-order valence-corrected chi connectivity index (χ4v) is 5.50. The van der Waals surface area contributed by atoms with E-state index in [1.54, 1.807) is 12.1 Å². The fourth-order valence-electron chi connectivity index (χ4n) is 4.87. The summed E-state index contributed by atoms with van der Waals surface area (Å²) < 4.78 is 23.6. The molecule has 0 aromatic heterocycles. The summed E-state index contributed by atoms with van der Waals surface area (Å²) in [7, 11) is -3.25. The Morgan fingerprint density at radius 3 is 2.45 bits per heavy atom. The van der Waals surface area contributed by atoms with Crippen LogP contribution in [-0.4, -0.2) is 62.9 Å². The summed E-state index contributed by atoms with van der Waals surface area (Å²) in [4.78, 5) is 15.9. The maximum Gasteiger partial charge on any atom is 0.230 e. The number of amides is 1. The van der Waals surface area contributed by atoms with E-state index in [1.807, 2.05) is 12.1 Å². The SMILES string of the molecule is CS(=O)(=O)c1ccc(C2(C(=O)NCCN3CCCC[C@H]3CO)CCCCC2)cc1. The highest BCUT2D eigenvalue weighted by molar-refractivity contribution is 7.90. The molecule has 6 nitrogen and oxygen atoms in total. The zero-order valence-corrected chi connectivity index (χ0v) is 18.2. The topological polar surface area (TPSA) is 86.7 Å². The molecule has 2 fully saturated rings. The van der Waals surface area contributed by atoms with Crippen LogP contribution in [0.3, 0.4) is 0 Å². The van der Waals surface area contributed by atoms with E-state index >= 15 is 0 Å². The van der Waals surface area contributed by atoms with Crippen LogP contribution in [0, 0.1) is 0 Å². The number of hydrogen-bond donors (Lipinski definition) is 2. The molecule has 1 aliphatic heterocycles. The summed E-state index contributed by atoms with van der Waals surface area (Å²) in [5.41, 5.74) is 0.334. The summed E-state index contributed by atoms with van der Waals surface area (Å²) in [6, 6.07) is 7.07. The molecule has 1 saturated heterocycles. The van der Waals surface area contributed by atoms with Crippen molar-refractivity contribution in [3.8, 4) is 0 Å². The van der Waals surface area contributed by atoms with Crippen molar-refractivity contribution in [1.82, 2.24) is 10.2 Å². The minimum atomic E-state index is -3.25. The lowest BCUT2D eigenvalue weighted by molar-refractivity contribution is -0.128. The minimum Gasteiger partial charge on any atom is -0.395 e. The predicted octanol–water partition coefficient (Wildman–Crippen LogP) is 2.25. The molecule has 29 heavy (non-hydrogen) atoms. The summed E-state index contributed by atoms with van der Waals surface area (Å²) in [5, 5.41) is 12.7. The molecule has 0 radical (unpaired) electrons. The molecule has 1 heterocycles. The van der Waals surface area contributed by atoms with Gasteiger partial charge in [-0.3, -0.25) is 9.69 Å². The summed E-state index contributed by atoms with van der Waals surface area (Å²) in [6.45, 7) is 2.46. The van der Waals surface area contributed by atoms with Gasteiger partial charge in [-0.1, -0.05) is 37.8 Å². The van der Waals surface area contributed by atoms with E-state index in [-0.39, 0.29) is 23.5 Å². The van der Waals surface area contributed by atoms with Crippen molar-refractivity contribution in [2.75, 3.05) is 32.5 Å². The number of piperidine rings is 1. The van der Waals surface area contributed by atoms with Crippen LogP contribution in [0.25, 0.3) is 0 Å². The Bertz CT molecular complexity index is 786. The molecule has 2 aliphatic rings. The summed E-state index contributed by atoms with van der Waals surface area (Å²) in [5.74, 6) is 0.0434. The number of carbonyl (C=O) groups is 1. The van der Waals surface area contributed by atoms with Crippen molar-refractivity contribution in [3.05, 3.63) is 29.8 Å². The molecule has 7 heteroatoms. The van der Waals surface area contributed by atoms with E-state index in [0.29, 0.717) is 6.54 Å². The van der Waals surface area contributed by atoms with Crippen molar-refractivity contribution in [2.24, 2.45) is 0 Å². The average Bonchev–Trinajstić information content (AvgIpc) is 2.74. The van der Waals surface area contributed by atoms with Gasteiger partial charge in [-0.05, 0) is 49.9 Å². The molecule has 1 aromatic rings. The van der Waals surface area contributed by atoms with Crippen LogP contribution < -0.4 is 5.32 Å². The third-order valence-corrected chi connectivity index (χ3v) is 7.75. The highest BCUT2D eigenvalue weighted by Crippen LogP contribution is 2.40. The Balaban J connectivity index is 1.70. The largest absolute Gasteiger partial charge is 0.395 e. The van der Waals surface area contributed by atoms with E-state index < -0.39 is 15.3 Å². The molecule has 1 atom stereocenters. The van der Waals surface area contributed by atoms with Crippen LogP contribution >= 0.6 is 0 Å². The molecule has 1 saturated carbocycles. The van der Waals surface area contributed by atoms with Crippen LogP contribution in [0.1, 0.15) is 56.9 Å². The van der Waals surface area contributed by atoms with Gasteiger partial charge in [0.2, 0.25) is 5.91 Å². The fraction of sp³-hybridized carbons (Fsp3) is 0.682. The van der Waals surface area contributed by atoms with Crippen molar-refractivity contribution in [1.29, 1.82) is 0 Å². The number of aliphatic hydroxyl groups is 1. The number of carbonyl (C=O) groups excluding carboxylic acids is 1. The van der Waals surface area contributed by atoms with Gasteiger partial charge >= 0.3 is 0 Å². The van der Waals surface area contributed by atoms with Gasteiger partial charge in [0.05, 0.1) is 16.9 Å². The minimum absolute atomic E-state index is 0.0434. The second kappa shape index (κ2) is 9.58. The van der Waals surface area contributed by atoms with E-state index in [1.165, 1.54) is 6.26 Å². The first-order valence-electron chi connectivity index (χ1n) is 10.8. The molecule has 162 valence electrons. The Labute approximate surface area is 174 Å². The molecule has 1 amide bonds. The molecule has 1 aliphatic carbocycles. The van der Waals surface area contributed by atoms with Crippen LogP contribution in [0.4, 0.5) is 0 Å². The first kappa shape index (κ1) is 22.2. The normalized spacial score (nSPS) is 22.9. The Morgan fingerprint density at radius 2 is 1.83 bits per heavy atom. The number of sulfone groups is 1. The standard InChI is InChI=1S/C22H34N2O4S/c1-29(27,28)20-10-8-18(9-11-20)22(12-4-2-5-13-22)21(26)23-14-16-24-15-6-3-7-19(24)17-25/h8-11,19,25H,2-7,12-17H2,1H3,(H,23,26)/t19-/m0/s1. The molecule has 0 unspecified atom stereocenters. The smallest absolute Gasteiger partial charge is 0.230 e. The number of nitrogens with one attached hydrogen (secondary N) is 1. The van der Waals surface area contributed by atoms with Crippen molar-refractivity contribution in [2.45, 2.75) is 67.7 Å². The number of benzene rings is 1. The number of aliphatic hydroxyl groups excluding tert-OH is 1. The highest BCUT2D eigenvalue weighted by Gasteiger charge is 2.41. The molecule has 0 spiro atoms. The highest BCUT2D eigenvalue weighted by atomic mass is 32.2. The first-order valence-corrected chi connectivity index (χ1v) is 12.7. The lowest BCUT2D eigenvalue weighted by Crippen LogP contribution is -2.50. The second-order valence-corrected chi connectivity index (χ2v) is 10.6. The first-order chi connectivity index (χ1) is 13.9. The number of rotatable bonds is 7. The molecular weight excluding hydrogens is 388 g/mol. The zero-order chi connectivity index (χ0) is 20.9. The third-order valence-electron chi connectivity index (χ3n) is 6.62.